The maximum Gasteiger partial charge on any atom is 0.338 e. The number of aromatic nitrogens is 2. The van der Waals surface area contributed by atoms with Crippen molar-refractivity contribution in [3.8, 4) is 11.5 Å². The molecule has 0 bridgehead atoms. The summed E-state index contributed by atoms with van der Waals surface area (Å²) in [6.07, 6.45) is 3.98. The number of para-hydroxylation sites is 1. The molecule has 224 valence electrons. The molecule has 0 saturated carbocycles. The molecule has 3 heterocycles. The number of thiazole rings is 1. The molecule has 0 spiro atoms. The summed E-state index contributed by atoms with van der Waals surface area (Å²) in [7, 11) is 3.12. The van der Waals surface area contributed by atoms with Crippen molar-refractivity contribution in [2.75, 3.05) is 20.8 Å². The van der Waals surface area contributed by atoms with E-state index in [0.29, 0.717) is 38.6 Å². The van der Waals surface area contributed by atoms with Crippen molar-refractivity contribution in [3.63, 3.8) is 0 Å². The highest BCUT2D eigenvalue weighted by atomic mass is 79.9. The Hall–Kier alpha value is -4.41. The van der Waals surface area contributed by atoms with Crippen molar-refractivity contribution in [2.24, 2.45) is 4.99 Å². The first kappa shape index (κ1) is 29.7. The third-order valence-corrected chi connectivity index (χ3v) is 9.13. The standard InChI is InChI=1S/C34H30BrN3O5S/c1-5-43-33(40)30-20(2)36-34-38(31(30)26-17-24(41-3)14-15-28(26)42-4)32(39)29(44-34)16-22-19-37(27-9-7-6-8-25(22)27)18-21-10-12-23(35)13-11-21/h6-17,19,31H,5,18H2,1-4H3/b29-16+/t31-/m1/s1. The molecule has 2 aromatic heterocycles. The zero-order chi connectivity index (χ0) is 31.0. The second kappa shape index (κ2) is 12.3. The van der Waals surface area contributed by atoms with E-state index in [1.165, 1.54) is 11.3 Å². The van der Waals surface area contributed by atoms with E-state index in [2.05, 4.69) is 51.0 Å². The molecule has 0 unspecified atom stereocenters. The van der Waals surface area contributed by atoms with E-state index >= 15 is 0 Å². The van der Waals surface area contributed by atoms with Gasteiger partial charge in [-0.15, -0.1) is 0 Å². The Balaban J connectivity index is 1.54. The number of hydrogen-bond donors (Lipinski definition) is 0. The number of carbonyl (C=O) groups excluding carboxylic acids is 1. The first-order valence-corrected chi connectivity index (χ1v) is 15.7. The average Bonchev–Trinajstić information content (AvgIpc) is 3.53. The van der Waals surface area contributed by atoms with Crippen LogP contribution in [0.2, 0.25) is 0 Å². The predicted molar refractivity (Wildman–Crippen MR) is 175 cm³/mol. The molecule has 8 nitrogen and oxygen atoms in total. The molecule has 1 aliphatic rings. The van der Waals surface area contributed by atoms with Gasteiger partial charge in [-0.3, -0.25) is 9.36 Å². The number of ether oxygens (including phenoxy) is 3. The molecular formula is C34H30BrN3O5S. The highest BCUT2D eigenvalue weighted by Gasteiger charge is 2.35. The highest BCUT2D eigenvalue weighted by molar-refractivity contribution is 9.10. The lowest BCUT2D eigenvalue weighted by Crippen LogP contribution is -2.40. The summed E-state index contributed by atoms with van der Waals surface area (Å²) < 4.78 is 21.9. The minimum absolute atomic E-state index is 0.187. The van der Waals surface area contributed by atoms with Crippen LogP contribution in [0.15, 0.2) is 98.5 Å². The van der Waals surface area contributed by atoms with Gasteiger partial charge in [0.2, 0.25) is 0 Å². The lowest BCUT2D eigenvalue weighted by Gasteiger charge is -2.26. The molecule has 1 aliphatic heterocycles. The second-order valence-electron chi connectivity index (χ2n) is 10.3. The summed E-state index contributed by atoms with van der Waals surface area (Å²) in [5, 5.41) is 1.03. The lowest BCUT2D eigenvalue weighted by molar-refractivity contribution is -0.139. The third kappa shape index (κ3) is 5.39. The normalized spacial score (nSPS) is 14.8. The Kier molecular flexibility index (Phi) is 8.29. The number of allylic oxidation sites excluding steroid dienone is 1. The fraction of sp³-hybridized carbons (Fsp3) is 0.206. The molecule has 44 heavy (non-hydrogen) atoms. The number of nitrogens with zero attached hydrogens (tertiary/aromatic N) is 3. The Bertz CT molecular complexity index is 2110. The van der Waals surface area contributed by atoms with Crippen molar-refractivity contribution >= 4 is 50.2 Å². The van der Waals surface area contributed by atoms with E-state index in [1.807, 2.05) is 30.3 Å². The molecule has 1 atom stereocenters. The van der Waals surface area contributed by atoms with Gasteiger partial charge in [0.15, 0.2) is 4.80 Å². The van der Waals surface area contributed by atoms with Gasteiger partial charge in [0.25, 0.3) is 5.56 Å². The van der Waals surface area contributed by atoms with Crippen LogP contribution in [0.5, 0.6) is 11.5 Å². The number of carbonyl (C=O) groups is 1. The lowest BCUT2D eigenvalue weighted by atomic mass is 9.94. The third-order valence-electron chi connectivity index (χ3n) is 7.62. The molecule has 6 rings (SSSR count). The summed E-state index contributed by atoms with van der Waals surface area (Å²) in [5.74, 6) is 0.547. The van der Waals surface area contributed by atoms with Crippen molar-refractivity contribution in [1.29, 1.82) is 0 Å². The van der Waals surface area contributed by atoms with Crippen molar-refractivity contribution in [2.45, 2.75) is 26.4 Å². The van der Waals surface area contributed by atoms with Gasteiger partial charge >= 0.3 is 5.97 Å². The van der Waals surface area contributed by atoms with E-state index in [4.69, 9.17) is 19.2 Å². The number of fused-ring (bicyclic) bond motifs is 2. The SMILES string of the molecule is CCOC(=O)C1=C(C)N=c2s/c(=C/c3cn(Cc4ccc(Br)cc4)c4ccccc34)c(=O)n2[C@@H]1c1cc(OC)ccc1OC. The van der Waals surface area contributed by atoms with Gasteiger partial charge in [0, 0.05) is 39.2 Å². The summed E-state index contributed by atoms with van der Waals surface area (Å²) in [6.45, 7) is 4.38. The van der Waals surface area contributed by atoms with E-state index in [1.54, 1.807) is 50.8 Å². The Labute approximate surface area is 266 Å². The molecule has 0 N–H and O–H groups in total. The Morgan fingerprint density at radius 1 is 1.07 bits per heavy atom. The van der Waals surface area contributed by atoms with Gasteiger partial charge in [-0.05, 0) is 61.9 Å². The first-order chi connectivity index (χ1) is 21.3. The molecule has 0 amide bonds. The van der Waals surface area contributed by atoms with Gasteiger partial charge in [-0.2, -0.15) is 0 Å². The minimum Gasteiger partial charge on any atom is -0.497 e. The van der Waals surface area contributed by atoms with Crippen LogP contribution in [0, 0.1) is 0 Å². The number of halogens is 1. The van der Waals surface area contributed by atoms with Crippen LogP contribution in [0.25, 0.3) is 17.0 Å². The fourth-order valence-corrected chi connectivity index (χ4v) is 6.89. The van der Waals surface area contributed by atoms with Gasteiger partial charge in [-0.25, -0.2) is 9.79 Å². The average molecular weight is 673 g/mol. The molecule has 10 heteroatoms. The van der Waals surface area contributed by atoms with Crippen LogP contribution in [0.1, 0.15) is 36.6 Å². The summed E-state index contributed by atoms with van der Waals surface area (Å²) in [6, 6.07) is 20.9. The van der Waals surface area contributed by atoms with Crippen LogP contribution >= 0.6 is 27.3 Å². The molecule has 0 radical (unpaired) electrons. The van der Waals surface area contributed by atoms with Crippen LogP contribution < -0.4 is 24.4 Å². The smallest absolute Gasteiger partial charge is 0.338 e. The van der Waals surface area contributed by atoms with E-state index < -0.39 is 12.0 Å². The molecule has 5 aromatic rings. The second-order valence-corrected chi connectivity index (χ2v) is 12.2. The monoisotopic (exact) mass is 671 g/mol. The molecule has 3 aromatic carbocycles. The summed E-state index contributed by atoms with van der Waals surface area (Å²) >= 11 is 4.80. The van der Waals surface area contributed by atoms with Gasteiger partial charge in [0.05, 0.1) is 36.6 Å². The first-order valence-electron chi connectivity index (χ1n) is 14.1. The van der Waals surface area contributed by atoms with Crippen LogP contribution in [-0.2, 0) is 16.1 Å². The largest absolute Gasteiger partial charge is 0.497 e. The molecule has 0 saturated heterocycles. The Morgan fingerprint density at radius 3 is 2.57 bits per heavy atom. The van der Waals surface area contributed by atoms with Crippen LogP contribution in [0.4, 0.5) is 0 Å². The van der Waals surface area contributed by atoms with Crippen molar-refractivity contribution < 1.29 is 19.0 Å². The van der Waals surface area contributed by atoms with E-state index in [-0.39, 0.29) is 17.7 Å². The number of benzene rings is 3. The van der Waals surface area contributed by atoms with Gasteiger partial charge in [0.1, 0.15) is 17.5 Å². The van der Waals surface area contributed by atoms with Gasteiger partial charge in [-0.1, -0.05) is 57.6 Å². The number of methoxy groups -OCH3 is 2. The quantitative estimate of drug-likeness (QED) is 0.201. The van der Waals surface area contributed by atoms with Crippen molar-refractivity contribution in [1.82, 2.24) is 9.13 Å². The fourth-order valence-electron chi connectivity index (χ4n) is 5.59. The number of hydrogen-bond acceptors (Lipinski definition) is 7. The van der Waals surface area contributed by atoms with Crippen LogP contribution in [0.3, 0.4) is 0 Å². The zero-order valence-corrected chi connectivity index (χ0v) is 27.1. The van der Waals surface area contributed by atoms with E-state index in [0.717, 1.165) is 26.5 Å². The molecule has 0 fully saturated rings. The topological polar surface area (TPSA) is 84.1 Å². The number of rotatable bonds is 8. The predicted octanol–water partition coefficient (Wildman–Crippen LogP) is 5.58. The number of esters is 1. The molecule has 0 aliphatic carbocycles. The zero-order valence-electron chi connectivity index (χ0n) is 24.7. The highest BCUT2D eigenvalue weighted by Crippen LogP contribution is 2.38. The van der Waals surface area contributed by atoms with E-state index in [9.17, 15) is 9.59 Å². The maximum atomic E-state index is 14.3. The minimum atomic E-state index is -0.823. The molecular weight excluding hydrogens is 642 g/mol. The summed E-state index contributed by atoms with van der Waals surface area (Å²) in [4.78, 5) is 32.8. The van der Waals surface area contributed by atoms with Gasteiger partial charge < -0.3 is 18.8 Å². The maximum absolute atomic E-state index is 14.3. The van der Waals surface area contributed by atoms with Crippen LogP contribution in [-0.4, -0.2) is 35.9 Å². The van der Waals surface area contributed by atoms with Crippen molar-refractivity contribution in [3.05, 3.63) is 125 Å². The Morgan fingerprint density at radius 2 is 1.84 bits per heavy atom. The summed E-state index contributed by atoms with van der Waals surface area (Å²) in [5.41, 5.74) is 4.24.